The van der Waals surface area contributed by atoms with Gasteiger partial charge in [-0.25, -0.2) is 4.39 Å². The highest BCUT2D eigenvalue weighted by atomic mass is 32.1. The molecule has 3 aromatic rings. The van der Waals surface area contributed by atoms with Crippen LogP contribution < -0.4 is 10.2 Å². The predicted molar refractivity (Wildman–Crippen MR) is 108 cm³/mol. The maximum absolute atomic E-state index is 13.2. The third-order valence-electron chi connectivity index (χ3n) is 4.15. The van der Waals surface area contributed by atoms with Crippen molar-refractivity contribution in [1.29, 1.82) is 0 Å². The van der Waals surface area contributed by atoms with Crippen molar-refractivity contribution in [3.8, 4) is 5.88 Å². The van der Waals surface area contributed by atoms with Gasteiger partial charge < -0.3 is 10.4 Å². The second kappa shape index (κ2) is 7.24. The Balaban J connectivity index is 1.57. The van der Waals surface area contributed by atoms with E-state index in [1.165, 1.54) is 24.3 Å². The largest absolute Gasteiger partial charge is 0.493 e. The predicted octanol–water partition coefficient (Wildman–Crippen LogP) is 3.65. The third-order valence-corrected chi connectivity index (χ3v) is 5.06. The number of nitrogens with zero attached hydrogens (tertiary/aromatic N) is 2. The summed E-state index contributed by atoms with van der Waals surface area (Å²) < 4.78 is 14.2. The van der Waals surface area contributed by atoms with Gasteiger partial charge in [0.25, 0.3) is 0 Å². The number of aromatic nitrogens is 1. The van der Waals surface area contributed by atoms with Crippen LogP contribution >= 0.6 is 11.3 Å². The first-order valence-electron chi connectivity index (χ1n) is 8.34. The molecule has 0 saturated heterocycles. The number of anilines is 1. The van der Waals surface area contributed by atoms with E-state index in [0.29, 0.717) is 4.88 Å². The molecule has 0 saturated carbocycles. The summed E-state index contributed by atoms with van der Waals surface area (Å²) >= 11 is 0.833. The summed E-state index contributed by atoms with van der Waals surface area (Å²) in [6.07, 6.45) is 3.33. The zero-order chi connectivity index (χ0) is 19.7. The maximum atomic E-state index is 13.2. The fourth-order valence-electron chi connectivity index (χ4n) is 2.85. The van der Waals surface area contributed by atoms with E-state index in [1.54, 1.807) is 12.3 Å². The lowest BCUT2D eigenvalue weighted by Crippen LogP contribution is -2.24. The number of allylic oxidation sites excluding steroid dienone is 1. The monoisotopic (exact) mass is 395 g/mol. The number of benzene rings is 2. The van der Waals surface area contributed by atoms with Crippen molar-refractivity contribution in [2.24, 2.45) is 4.99 Å². The zero-order valence-corrected chi connectivity index (χ0v) is 15.2. The number of nitrogens with one attached hydrogen (secondary N) is 1. The number of aliphatic imine (C=N–C) groups is 1. The molecule has 6 nitrogen and oxygen atoms in total. The Hall–Kier alpha value is -3.52. The molecular formula is C20H14FN3O3S. The van der Waals surface area contributed by atoms with Gasteiger partial charge in [-0.3, -0.25) is 19.1 Å². The van der Waals surface area contributed by atoms with Crippen LogP contribution in [0.5, 0.6) is 5.88 Å². The second-order valence-electron chi connectivity index (χ2n) is 6.08. The van der Waals surface area contributed by atoms with Gasteiger partial charge in [0.05, 0.1) is 10.6 Å². The minimum Gasteiger partial charge on any atom is -0.493 e. The number of aromatic hydroxyl groups is 1. The standard InChI is InChI=1S/C20H14FN3O3S/c21-13-4-3-5-14(9-13)23-18(25)11-24-19(26)17(28-20(24)27)8-12-10-22-16-7-2-1-6-15(12)16/h1-10,26H,11H2,(H,23,25). The lowest BCUT2D eigenvalue weighted by molar-refractivity contribution is -0.116. The van der Waals surface area contributed by atoms with E-state index in [2.05, 4.69) is 10.3 Å². The maximum Gasteiger partial charge on any atom is 0.311 e. The van der Waals surface area contributed by atoms with Crippen LogP contribution in [0.2, 0.25) is 0 Å². The van der Waals surface area contributed by atoms with E-state index in [4.69, 9.17) is 0 Å². The highest BCUT2D eigenvalue weighted by Crippen LogP contribution is 2.34. The highest BCUT2D eigenvalue weighted by Gasteiger charge is 2.18. The van der Waals surface area contributed by atoms with Crippen LogP contribution in [0.15, 0.2) is 58.3 Å². The Labute approximate surface area is 162 Å². The average molecular weight is 395 g/mol. The van der Waals surface area contributed by atoms with Crippen LogP contribution in [0, 0.1) is 5.82 Å². The summed E-state index contributed by atoms with van der Waals surface area (Å²) in [6, 6.07) is 13.0. The highest BCUT2D eigenvalue weighted by molar-refractivity contribution is 7.10. The molecule has 0 fully saturated rings. The van der Waals surface area contributed by atoms with Crippen molar-refractivity contribution in [2.45, 2.75) is 6.54 Å². The lowest BCUT2D eigenvalue weighted by atomic mass is 10.1. The molecule has 2 aromatic carbocycles. The van der Waals surface area contributed by atoms with Gasteiger partial charge in [0, 0.05) is 23.0 Å². The molecule has 4 rings (SSSR count). The average Bonchev–Trinajstić information content (AvgIpc) is 3.18. The number of hydrogen-bond donors (Lipinski definition) is 2. The molecule has 1 aliphatic rings. The molecule has 140 valence electrons. The number of hydrogen-bond acceptors (Lipinski definition) is 5. The summed E-state index contributed by atoms with van der Waals surface area (Å²) in [4.78, 5) is 28.6. The van der Waals surface area contributed by atoms with Gasteiger partial charge in [0.1, 0.15) is 12.4 Å². The minimum atomic E-state index is -0.548. The molecule has 0 radical (unpaired) electrons. The lowest BCUT2D eigenvalue weighted by Gasteiger charge is -2.06. The van der Waals surface area contributed by atoms with Gasteiger partial charge >= 0.3 is 4.87 Å². The van der Waals surface area contributed by atoms with Crippen molar-refractivity contribution >= 4 is 46.5 Å². The van der Waals surface area contributed by atoms with Gasteiger partial charge in [0.2, 0.25) is 11.8 Å². The number of halogens is 1. The van der Waals surface area contributed by atoms with Crippen LogP contribution in [0.25, 0.3) is 11.6 Å². The number of para-hydroxylation sites is 1. The quantitative estimate of drug-likeness (QED) is 0.707. The van der Waals surface area contributed by atoms with Crippen molar-refractivity contribution in [3.05, 3.63) is 74.5 Å². The zero-order valence-electron chi connectivity index (χ0n) is 14.4. The number of thiazole rings is 1. The number of amides is 1. The van der Waals surface area contributed by atoms with E-state index < -0.39 is 16.6 Å². The minimum absolute atomic E-state index is 0.272. The molecular weight excluding hydrogens is 381 g/mol. The Morgan fingerprint density at radius 3 is 2.89 bits per heavy atom. The van der Waals surface area contributed by atoms with E-state index in [9.17, 15) is 19.1 Å². The fourth-order valence-corrected chi connectivity index (χ4v) is 3.69. The van der Waals surface area contributed by atoms with Crippen LogP contribution in [-0.4, -0.2) is 21.8 Å². The van der Waals surface area contributed by atoms with Gasteiger partial charge in [-0.1, -0.05) is 35.6 Å². The van der Waals surface area contributed by atoms with Crippen molar-refractivity contribution < 1.29 is 14.3 Å². The second-order valence-corrected chi connectivity index (χ2v) is 7.07. The number of rotatable bonds is 4. The van der Waals surface area contributed by atoms with Gasteiger partial charge in [-0.05, 0) is 30.3 Å². The molecule has 0 bridgehead atoms. The van der Waals surface area contributed by atoms with Gasteiger partial charge in [-0.15, -0.1) is 0 Å². The molecule has 0 aliphatic carbocycles. The molecule has 0 atom stereocenters. The number of carbonyl (C=O) groups excluding carboxylic acids is 1. The normalized spacial score (nSPS) is 13.7. The molecule has 28 heavy (non-hydrogen) atoms. The molecule has 2 heterocycles. The SMILES string of the molecule is O=C(Cn1c(O)c(C=C2C=Nc3ccccc32)sc1=O)Nc1cccc(F)c1. The van der Waals surface area contributed by atoms with Crippen LogP contribution in [0.4, 0.5) is 15.8 Å². The fraction of sp³-hybridized carbons (Fsp3) is 0.0500. The Kier molecular flexibility index (Phi) is 4.62. The van der Waals surface area contributed by atoms with E-state index >= 15 is 0 Å². The summed E-state index contributed by atoms with van der Waals surface area (Å²) in [7, 11) is 0. The summed E-state index contributed by atoms with van der Waals surface area (Å²) in [5.41, 5.74) is 2.75. The smallest absolute Gasteiger partial charge is 0.311 e. The summed E-state index contributed by atoms with van der Waals surface area (Å²) in [5, 5.41) is 12.9. The Morgan fingerprint density at radius 1 is 1.25 bits per heavy atom. The Bertz CT molecular complexity index is 1190. The summed E-state index contributed by atoms with van der Waals surface area (Å²) in [5.74, 6) is -1.33. The number of fused-ring (bicyclic) bond motifs is 1. The first-order chi connectivity index (χ1) is 13.5. The molecule has 0 unspecified atom stereocenters. The van der Waals surface area contributed by atoms with Crippen molar-refractivity contribution in [3.63, 3.8) is 0 Å². The van der Waals surface area contributed by atoms with Crippen molar-refractivity contribution in [1.82, 2.24) is 4.57 Å². The van der Waals surface area contributed by atoms with Gasteiger partial charge in [-0.2, -0.15) is 0 Å². The van der Waals surface area contributed by atoms with E-state index in [1.807, 2.05) is 24.3 Å². The Morgan fingerprint density at radius 2 is 2.07 bits per heavy atom. The third kappa shape index (κ3) is 3.49. The van der Waals surface area contributed by atoms with E-state index in [0.717, 1.165) is 32.7 Å². The number of carbonyl (C=O) groups is 1. The first-order valence-corrected chi connectivity index (χ1v) is 9.16. The topological polar surface area (TPSA) is 83.7 Å². The summed E-state index contributed by atoms with van der Waals surface area (Å²) in [6.45, 7) is -0.383. The first kappa shape index (κ1) is 17.9. The molecule has 1 aliphatic heterocycles. The molecule has 8 heteroatoms. The van der Waals surface area contributed by atoms with E-state index in [-0.39, 0.29) is 18.1 Å². The van der Waals surface area contributed by atoms with Gasteiger partial charge in [0.15, 0.2) is 0 Å². The molecule has 1 aromatic heterocycles. The van der Waals surface area contributed by atoms with Crippen LogP contribution in [-0.2, 0) is 11.3 Å². The molecule has 2 N–H and O–H groups in total. The molecule has 0 spiro atoms. The van der Waals surface area contributed by atoms with Crippen LogP contribution in [0.1, 0.15) is 10.4 Å². The van der Waals surface area contributed by atoms with Crippen molar-refractivity contribution in [2.75, 3.05) is 5.32 Å². The van der Waals surface area contributed by atoms with Crippen LogP contribution in [0.3, 0.4) is 0 Å². The molecule has 1 amide bonds.